The number of carbonyl (C=O) groups is 1. The maximum absolute atomic E-state index is 10.9. The van der Waals surface area contributed by atoms with Crippen molar-refractivity contribution in [3.05, 3.63) is 54.1 Å². The summed E-state index contributed by atoms with van der Waals surface area (Å²) in [5, 5.41) is 8.21. The summed E-state index contributed by atoms with van der Waals surface area (Å²) < 4.78 is 5.56. The first-order valence-corrected chi connectivity index (χ1v) is 5.43. The first-order valence-electron chi connectivity index (χ1n) is 5.43. The third-order valence-electron chi connectivity index (χ3n) is 2.39. The molecule has 2 rings (SSSR count). The van der Waals surface area contributed by atoms with Crippen molar-refractivity contribution in [1.29, 1.82) is 0 Å². The molecule has 0 unspecified atom stereocenters. The lowest BCUT2D eigenvalue weighted by atomic mass is 10.2. The van der Waals surface area contributed by atoms with Gasteiger partial charge in [0.05, 0.1) is 5.69 Å². The van der Waals surface area contributed by atoms with Crippen LogP contribution in [0.25, 0.3) is 0 Å². The molecular weight excluding hydrogens is 248 g/mol. The number of primary amides is 1. The van der Waals surface area contributed by atoms with E-state index < -0.39 is 5.91 Å². The quantitative estimate of drug-likeness (QED) is 0.567. The number of amides is 1. The van der Waals surface area contributed by atoms with Gasteiger partial charge in [-0.05, 0) is 48.5 Å². The Bertz CT molecular complexity index is 552. The van der Waals surface area contributed by atoms with Gasteiger partial charge >= 0.3 is 0 Å². The Kier molecular flexibility index (Phi) is 3.97. The van der Waals surface area contributed by atoms with Crippen molar-refractivity contribution in [3.63, 3.8) is 0 Å². The van der Waals surface area contributed by atoms with E-state index in [9.17, 15) is 4.79 Å². The van der Waals surface area contributed by atoms with Crippen LogP contribution in [0.1, 0.15) is 10.4 Å². The lowest BCUT2D eigenvalue weighted by Gasteiger charge is -2.07. The van der Waals surface area contributed by atoms with E-state index in [1.54, 1.807) is 48.5 Å². The van der Waals surface area contributed by atoms with E-state index in [1.807, 2.05) is 0 Å². The lowest BCUT2D eigenvalue weighted by Crippen LogP contribution is -2.10. The summed E-state index contributed by atoms with van der Waals surface area (Å²) in [5.41, 5.74) is 8.42. The molecule has 0 radical (unpaired) electrons. The Morgan fingerprint density at radius 3 is 2.00 bits per heavy atom. The zero-order valence-electron chi connectivity index (χ0n) is 9.87. The highest BCUT2D eigenvalue weighted by Gasteiger charge is 2.01. The van der Waals surface area contributed by atoms with Crippen LogP contribution in [0.15, 0.2) is 48.5 Å². The molecule has 2 aromatic carbocycles. The van der Waals surface area contributed by atoms with E-state index in [2.05, 4.69) is 10.5 Å². The largest absolute Gasteiger partial charge is 0.457 e. The summed E-state index contributed by atoms with van der Waals surface area (Å²) in [4.78, 5) is 14.7. The normalized spacial score (nSPS) is 9.95. The molecular formula is C13H12N2O4. The predicted octanol–water partition coefficient (Wildman–Crippen LogP) is 2.39. The summed E-state index contributed by atoms with van der Waals surface area (Å²) in [6.45, 7) is 0. The number of nitrogens with two attached hydrogens (primary N) is 1. The summed E-state index contributed by atoms with van der Waals surface area (Å²) >= 11 is 0. The molecule has 0 spiro atoms. The zero-order chi connectivity index (χ0) is 13.7. The standard InChI is InChI=1S/C13H12N2O4/c14-13(16)9-1-5-11(6-2-9)18-12-7-3-10(4-8-12)15-19-17/h1-8,15,17H,(H2,14,16). The topological polar surface area (TPSA) is 93.8 Å². The van der Waals surface area contributed by atoms with Crippen LogP contribution in [0.3, 0.4) is 0 Å². The van der Waals surface area contributed by atoms with Gasteiger partial charge in [0.25, 0.3) is 0 Å². The Hall–Kier alpha value is -2.57. The first kappa shape index (κ1) is 12.9. The van der Waals surface area contributed by atoms with Gasteiger partial charge < -0.3 is 10.5 Å². The van der Waals surface area contributed by atoms with Crippen LogP contribution in [0, 0.1) is 0 Å². The SMILES string of the molecule is NC(=O)c1ccc(Oc2ccc(NOO)cc2)cc1. The predicted molar refractivity (Wildman–Crippen MR) is 68.8 cm³/mol. The van der Waals surface area contributed by atoms with Gasteiger partial charge in [0.15, 0.2) is 0 Å². The van der Waals surface area contributed by atoms with Gasteiger partial charge in [-0.2, -0.15) is 0 Å². The number of rotatable bonds is 5. The fraction of sp³-hybridized carbons (Fsp3) is 0. The smallest absolute Gasteiger partial charge is 0.248 e. The van der Waals surface area contributed by atoms with E-state index >= 15 is 0 Å². The molecule has 0 saturated carbocycles. The monoisotopic (exact) mass is 260 g/mol. The van der Waals surface area contributed by atoms with Crippen molar-refractivity contribution in [2.45, 2.75) is 0 Å². The van der Waals surface area contributed by atoms with Crippen molar-refractivity contribution in [2.24, 2.45) is 5.73 Å². The molecule has 98 valence electrons. The first-order chi connectivity index (χ1) is 9.19. The van der Waals surface area contributed by atoms with Crippen molar-refractivity contribution >= 4 is 11.6 Å². The summed E-state index contributed by atoms with van der Waals surface area (Å²) in [5.74, 6) is 0.713. The molecule has 1 amide bonds. The molecule has 0 aliphatic heterocycles. The minimum Gasteiger partial charge on any atom is -0.457 e. The lowest BCUT2D eigenvalue weighted by molar-refractivity contribution is -0.215. The molecule has 0 aliphatic carbocycles. The van der Waals surface area contributed by atoms with Gasteiger partial charge in [-0.25, -0.2) is 10.7 Å². The fourth-order valence-electron chi connectivity index (χ4n) is 1.47. The maximum Gasteiger partial charge on any atom is 0.248 e. The number of nitrogens with one attached hydrogen (secondary N) is 1. The van der Waals surface area contributed by atoms with Crippen molar-refractivity contribution in [3.8, 4) is 11.5 Å². The maximum atomic E-state index is 10.9. The number of carbonyl (C=O) groups excluding carboxylic acids is 1. The Balaban J connectivity index is 2.06. The van der Waals surface area contributed by atoms with E-state index in [1.165, 1.54) is 0 Å². The highest BCUT2D eigenvalue weighted by atomic mass is 17.2. The van der Waals surface area contributed by atoms with Gasteiger partial charge in [0.1, 0.15) is 11.5 Å². The summed E-state index contributed by atoms with van der Waals surface area (Å²) in [6.07, 6.45) is 0. The zero-order valence-corrected chi connectivity index (χ0v) is 9.87. The Morgan fingerprint density at radius 1 is 1.00 bits per heavy atom. The number of ether oxygens (including phenoxy) is 1. The number of hydrogen-bond acceptors (Lipinski definition) is 5. The van der Waals surface area contributed by atoms with E-state index in [0.29, 0.717) is 22.7 Å². The summed E-state index contributed by atoms with van der Waals surface area (Å²) in [6, 6.07) is 13.2. The molecule has 0 aromatic heterocycles. The third-order valence-corrected chi connectivity index (χ3v) is 2.39. The van der Waals surface area contributed by atoms with Crippen molar-refractivity contribution < 1.29 is 19.8 Å². The molecule has 6 heteroatoms. The van der Waals surface area contributed by atoms with Crippen LogP contribution >= 0.6 is 0 Å². The highest BCUT2D eigenvalue weighted by molar-refractivity contribution is 5.92. The molecule has 19 heavy (non-hydrogen) atoms. The molecule has 2 aromatic rings. The molecule has 0 heterocycles. The van der Waals surface area contributed by atoms with Crippen LogP contribution < -0.4 is 16.0 Å². The number of hydrogen-bond donors (Lipinski definition) is 3. The van der Waals surface area contributed by atoms with Gasteiger partial charge in [-0.1, -0.05) is 0 Å². The second-order valence-electron chi connectivity index (χ2n) is 3.71. The minimum atomic E-state index is -0.481. The van der Waals surface area contributed by atoms with E-state index in [4.69, 9.17) is 15.7 Å². The molecule has 6 nitrogen and oxygen atoms in total. The molecule has 0 fully saturated rings. The molecule has 4 N–H and O–H groups in total. The van der Waals surface area contributed by atoms with Crippen molar-refractivity contribution in [2.75, 3.05) is 5.48 Å². The third kappa shape index (κ3) is 3.44. The Morgan fingerprint density at radius 2 is 1.53 bits per heavy atom. The molecule has 0 saturated heterocycles. The van der Waals surface area contributed by atoms with Crippen LogP contribution in [0.2, 0.25) is 0 Å². The van der Waals surface area contributed by atoms with E-state index in [-0.39, 0.29) is 0 Å². The van der Waals surface area contributed by atoms with Gasteiger partial charge in [-0.3, -0.25) is 4.79 Å². The van der Waals surface area contributed by atoms with Crippen LogP contribution in [0.4, 0.5) is 5.69 Å². The van der Waals surface area contributed by atoms with E-state index in [0.717, 1.165) is 0 Å². The van der Waals surface area contributed by atoms with Crippen LogP contribution in [0.5, 0.6) is 11.5 Å². The number of anilines is 1. The molecule has 0 bridgehead atoms. The average Bonchev–Trinajstić information content (AvgIpc) is 2.42. The van der Waals surface area contributed by atoms with Crippen molar-refractivity contribution in [1.82, 2.24) is 0 Å². The fourth-order valence-corrected chi connectivity index (χ4v) is 1.47. The van der Waals surface area contributed by atoms with Crippen LogP contribution in [-0.2, 0) is 4.99 Å². The Labute approximate surface area is 109 Å². The second-order valence-corrected chi connectivity index (χ2v) is 3.71. The van der Waals surface area contributed by atoms with Gasteiger partial charge in [0, 0.05) is 5.56 Å². The molecule has 0 aliphatic rings. The van der Waals surface area contributed by atoms with Gasteiger partial charge in [0.2, 0.25) is 5.91 Å². The average molecular weight is 260 g/mol. The van der Waals surface area contributed by atoms with Crippen LogP contribution in [-0.4, -0.2) is 11.2 Å². The second kappa shape index (κ2) is 5.85. The molecule has 0 atom stereocenters. The van der Waals surface area contributed by atoms with Gasteiger partial charge in [-0.15, -0.1) is 4.99 Å². The highest BCUT2D eigenvalue weighted by Crippen LogP contribution is 2.23. The summed E-state index contributed by atoms with van der Waals surface area (Å²) in [7, 11) is 0. The number of benzene rings is 2. The minimum absolute atomic E-state index is 0.423.